The highest BCUT2D eigenvalue weighted by atomic mass is 35.5. The van der Waals surface area contributed by atoms with E-state index in [1.807, 2.05) is 24.3 Å². The molecule has 1 N–H and O–H groups in total. The second kappa shape index (κ2) is 7.14. The summed E-state index contributed by atoms with van der Waals surface area (Å²) in [5.74, 6) is 0.876. The molecule has 0 aliphatic rings. The Labute approximate surface area is 129 Å². The predicted molar refractivity (Wildman–Crippen MR) is 86.2 cm³/mol. The van der Waals surface area contributed by atoms with Crippen molar-refractivity contribution in [2.24, 2.45) is 5.92 Å². The summed E-state index contributed by atoms with van der Waals surface area (Å²) in [6.45, 7) is 4.75. The maximum absolute atomic E-state index is 12.2. The van der Waals surface area contributed by atoms with Gasteiger partial charge < -0.3 is 10.1 Å². The lowest BCUT2D eigenvalue weighted by Crippen LogP contribution is -2.13. The van der Waals surface area contributed by atoms with Gasteiger partial charge in [0.05, 0.1) is 12.3 Å². The first-order chi connectivity index (χ1) is 10.1. The predicted octanol–water partition coefficient (Wildman–Crippen LogP) is 4.63. The number of rotatable bonds is 5. The van der Waals surface area contributed by atoms with Crippen molar-refractivity contribution >= 4 is 23.2 Å². The van der Waals surface area contributed by atoms with E-state index in [0.29, 0.717) is 34.5 Å². The standard InChI is InChI=1S/C17H18ClNO2/c1-12(2)11-21-16-9-4-3-8-15(16)19-17(20)13-6-5-7-14(18)10-13/h3-10,12H,11H2,1-2H3,(H,19,20). The summed E-state index contributed by atoms with van der Waals surface area (Å²) >= 11 is 5.90. The summed E-state index contributed by atoms with van der Waals surface area (Å²) in [7, 11) is 0. The summed E-state index contributed by atoms with van der Waals surface area (Å²) in [6, 6.07) is 14.2. The van der Waals surface area contributed by atoms with Crippen molar-refractivity contribution in [1.29, 1.82) is 0 Å². The molecule has 0 heterocycles. The van der Waals surface area contributed by atoms with E-state index in [4.69, 9.17) is 16.3 Å². The summed E-state index contributed by atoms with van der Waals surface area (Å²) in [5.41, 5.74) is 1.17. The quantitative estimate of drug-likeness (QED) is 0.874. The number of hydrogen-bond donors (Lipinski definition) is 1. The molecule has 0 atom stereocenters. The summed E-state index contributed by atoms with van der Waals surface area (Å²) in [4.78, 5) is 12.2. The highest BCUT2D eigenvalue weighted by Crippen LogP contribution is 2.25. The van der Waals surface area contributed by atoms with Crippen LogP contribution in [-0.2, 0) is 0 Å². The minimum atomic E-state index is -0.210. The Morgan fingerprint density at radius 1 is 1.19 bits per heavy atom. The van der Waals surface area contributed by atoms with Gasteiger partial charge in [-0.3, -0.25) is 4.79 Å². The van der Waals surface area contributed by atoms with E-state index in [-0.39, 0.29) is 5.91 Å². The fourth-order valence-electron chi connectivity index (χ4n) is 1.78. The number of benzene rings is 2. The van der Waals surface area contributed by atoms with Crippen LogP contribution in [0.15, 0.2) is 48.5 Å². The molecule has 4 heteroatoms. The van der Waals surface area contributed by atoms with Gasteiger partial charge in [-0.05, 0) is 36.2 Å². The fraction of sp³-hybridized carbons (Fsp3) is 0.235. The minimum absolute atomic E-state index is 0.210. The van der Waals surface area contributed by atoms with Gasteiger partial charge in [0.25, 0.3) is 5.91 Å². The fourth-order valence-corrected chi connectivity index (χ4v) is 1.97. The first-order valence-corrected chi connectivity index (χ1v) is 7.23. The highest BCUT2D eigenvalue weighted by molar-refractivity contribution is 6.31. The number of nitrogens with one attached hydrogen (secondary N) is 1. The van der Waals surface area contributed by atoms with E-state index < -0.39 is 0 Å². The first kappa shape index (κ1) is 15.4. The van der Waals surface area contributed by atoms with Crippen molar-refractivity contribution in [2.75, 3.05) is 11.9 Å². The van der Waals surface area contributed by atoms with E-state index in [1.54, 1.807) is 24.3 Å². The van der Waals surface area contributed by atoms with Crippen LogP contribution in [0.1, 0.15) is 24.2 Å². The molecule has 0 aliphatic heterocycles. The monoisotopic (exact) mass is 303 g/mol. The van der Waals surface area contributed by atoms with Crippen LogP contribution in [0.4, 0.5) is 5.69 Å². The lowest BCUT2D eigenvalue weighted by Gasteiger charge is -2.13. The van der Waals surface area contributed by atoms with E-state index in [0.717, 1.165) is 0 Å². The third-order valence-electron chi connectivity index (χ3n) is 2.79. The van der Waals surface area contributed by atoms with Crippen LogP contribution in [-0.4, -0.2) is 12.5 Å². The molecule has 0 aliphatic carbocycles. The summed E-state index contributed by atoms with van der Waals surface area (Å²) in [5, 5.41) is 3.39. The molecule has 1 amide bonds. The molecule has 0 aromatic heterocycles. The Morgan fingerprint density at radius 2 is 1.95 bits per heavy atom. The largest absolute Gasteiger partial charge is 0.491 e. The molecule has 0 saturated heterocycles. The van der Waals surface area contributed by atoms with Gasteiger partial charge in [-0.2, -0.15) is 0 Å². The summed E-state index contributed by atoms with van der Waals surface area (Å²) in [6.07, 6.45) is 0. The van der Waals surface area contributed by atoms with Gasteiger partial charge in [-0.15, -0.1) is 0 Å². The van der Waals surface area contributed by atoms with Crippen LogP contribution in [0.2, 0.25) is 5.02 Å². The van der Waals surface area contributed by atoms with Crippen LogP contribution in [0.3, 0.4) is 0 Å². The zero-order valence-corrected chi connectivity index (χ0v) is 12.9. The van der Waals surface area contributed by atoms with Crippen LogP contribution in [0.5, 0.6) is 5.75 Å². The van der Waals surface area contributed by atoms with Gasteiger partial charge >= 0.3 is 0 Å². The van der Waals surface area contributed by atoms with Crippen molar-refractivity contribution in [3.8, 4) is 5.75 Å². The molecule has 0 spiro atoms. The molecule has 0 bridgehead atoms. The lowest BCUT2D eigenvalue weighted by molar-refractivity contribution is 0.102. The van der Waals surface area contributed by atoms with Gasteiger partial charge in [0.1, 0.15) is 5.75 Å². The lowest BCUT2D eigenvalue weighted by atomic mass is 10.2. The number of hydrogen-bond acceptors (Lipinski definition) is 2. The topological polar surface area (TPSA) is 38.3 Å². The Hall–Kier alpha value is -2.00. The Balaban J connectivity index is 2.13. The molecule has 0 saturated carbocycles. The zero-order chi connectivity index (χ0) is 15.2. The van der Waals surface area contributed by atoms with Crippen LogP contribution in [0.25, 0.3) is 0 Å². The average molecular weight is 304 g/mol. The molecule has 2 aromatic rings. The third kappa shape index (κ3) is 4.50. The Bertz CT molecular complexity index is 626. The number of carbonyl (C=O) groups excluding carboxylic acids is 1. The van der Waals surface area contributed by atoms with Gasteiger partial charge in [0.2, 0.25) is 0 Å². The van der Waals surface area contributed by atoms with Gasteiger partial charge in [-0.1, -0.05) is 43.6 Å². The van der Waals surface area contributed by atoms with Crippen molar-refractivity contribution in [3.05, 3.63) is 59.1 Å². The van der Waals surface area contributed by atoms with E-state index >= 15 is 0 Å². The zero-order valence-electron chi connectivity index (χ0n) is 12.1. The minimum Gasteiger partial charge on any atom is -0.491 e. The molecular weight excluding hydrogens is 286 g/mol. The molecule has 0 unspecified atom stereocenters. The maximum Gasteiger partial charge on any atom is 0.255 e. The van der Waals surface area contributed by atoms with Crippen LogP contribution in [0, 0.1) is 5.92 Å². The normalized spacial score (nSPS) is 10.5. The SMILES string of the molecule is CC(C)COc1ccccc1NC(=O)c1cccc(Cl)c1. The smallest absolute Gasteiger partial charge is 0.255 e. The molecule has 2 aromatic carbocycles. The Morgan fingerprint density at radius 3 is 2.67 bits per heavy atom. The van der Waals surface area contributed by atoms with Crippen LogP contribution < -0.4 is 10.1 Å². The van der Waals surface area contributed by atoms with Crippen molar-refractivity contribution in [3.63, 3.8) is 0 Å². The average Bonchev–Trinajstić information content (AvgIpc) is 2.46. The second-order valence-corrected chi connectivity index (χ2v) is 5.60. The Kier molecular flexibility index (Phi) is 5.23. The molecular formula is C17H18ClNO2. The van der Waals surface area contributed by atoms with Gasteiger partial charge in [0, 0.05) is 10.6 Å². The van der Waals surface area contributed by atoms with E-state index in [9.17, 15) is 4.79 Å². The van der Waals surface area contributed by atoms with Crippen molar-refractivity contribution < 1.29 is 9.53 Å². The maximum atomic E-state index is 12.2. The number of ether oxygens (including phenoxy) is 1. The van der Waals surface area contributed by atoms with Crippen LogP contribution >= 0.6 is 11.6 Å². The van der Waals surface area contributed by atoms with E-state index in [2.05, 4.69) is 19.2 Å². The van der Waals surface area contributed by atoms with E-state index in [1.165, 1.54) is 0 Å². The number of amides is 1. The van der Waals surface area contributed by atoms with Crippen molar-refractivity contribution in [2.45, 2.75) is 13.8 Å². The highest BCUT2D eigenvalue weighted by Gasteiger charge is 2.10. The molecule has 3 nitrogen and oxygen atoms in total. The molecule has 21 heavy (non-hydrogen) atoms. The third-order valence-corrected chi connectivity index (χ3v) is 3.03. The number of anilines is 1. The number of halogens is 1. The molecule has 0 radical (unpaired) electrons. The van der Waals surface area contributed by atoms with Gasteiger partial charge in [0.15, 0.2) is 0 Å². The van der Waals surface area contributed by atoms with Gasteiger partial charge in [-0.25, -0.2) is 0 Å². The van der Waals surface area contributed by atoms with Crippen molar-refractivity contribution in [1.82, 2.24) is 0 Å². The summed E-state index contributed by atoms with van der Waals surface area (Å²) < 4.78 is 5.72. The molecule has 110 valence electrons. The first-order valence-electron chi connectivity index (χ1n) is 6.85. The number of para-hydroxylation sites is 2. The number of carbonyl (C=O) groups is 1. The molecule has 2 rings (SSSR count). The second-order valence-electron chi connectivity index (χ2n) is 5.17. The molecule has 0 fully saturated rings.